The molecule has 1 amide bonds. The highest BCUT2D eigenvalue weighted by molar-refractivity contribution is 5.70. The number of rotatable bonds is 2. The normalized spacial score (nSPS) is 23.8. The number of ether oxygens (including phenoxy) is 1. The molecule has 2 atom stereocenters. The van der Waals surface area contributed by atoms with Gasteiger partial charge in [0.1, 0.15) is 5.60 Å². The number of carbonyl (C=O) groups excluding carboxylic acids is 1. The van der Waals surface area contributed by atoms with E-state index in [0.29, 0.717) is 6.54 Å². The predicted octanol–water partition coefficient (Wildman–Crippen LogP) is 2.32. The van der Waals surface area contributed by atoms with Crippen LogP contribution < -0.4 is 4.90 Å². The van der Waals surface area contributed by atoms with Crippen LogP contribution in [-0.2, 0) is 4.74 Å². The molecule has 2 saturated heterocycles. The summed E-state index contributed by atoms with van der Waals surface area (Å²) in [7, 11) is 0. The Bertz CT molecular complexity index is 579. The number of nitrogens with zero attached hydrogens (tertiary/aromatic N) is 4. The van der Waals surface area contributed by atoms with Crippen LogP contribution in [-0.4, -0.2) is 51.7 Å². The maximum atomic E-state index is 12.2. The Morgan fingerprint density at radius 2 is 2.00 bits per heavy atom. The first-order valence-corrected chi connectivity index (χ1v) is 7.58. The second kappa shape index (κ2) is 5.26. The van der Waals surface area contributed by atoms with Gasteiger partial charge in [-0.3, -0.25) is 0 Å². The molecule has 0 unspecified atom stereocenters. The molecule has 2 aliphatic rings. The molecule has 3 rings (SSSR count). The zero-order valence-corrected chi connectivity index (χ0v) is 13.3. The smallest absolute Gasteiger partial charge is 0.410 e. The largest absolute Gasteiger partial charge is 0.444 e. The molecule has 3 heterocycles. The number of fused-ring (bicyclic) bond motifs is 2. The monoisotopic (exact) mass is 302 g/mol. The average molecular weight is 302 g/mol. The topological polar surface area (TPSA) is 58.6 Å². The number of carbonyl (C=O) groups is 1. The molecular weight excluding hydrogens is 280 g/mol. The quantitative estimate of drug-likeness (QED) is 0.839. The minimum Gasteiger partial charge on any atom is -0.444 e. The fourth-order valence-electron chi connectivity index (χ4n) is 3.04. The van der Waals surface area contributed by atoms with E-state index in [4.69, 9.17) is 4.74 Å². The summed E-state index contributed by atoms with van der Waals surface area (Å²) in [6.07, 6.45) is 6.00. The second-order valence-corrected chi connectivity index (χ2v) is 6.85. The van der Waals surface area contributed by atoms with Gasteiger partial charge in [0.05, 0.1) is 12.1 Å². The fraction of sp³-hybridized carbons (Fsp3) is 0.562. The molecule has 0 spiro atoms. The Kier molecular flexibility index (Phi) is 3.54. The Labute approximate surface area is 130 Å². The van der Waals surface area contributed by atoms with Crippen LogP contribution in [0.15, 0.2) is 19.0 Å². The molecule has 22 heavy (non-hydrogen) atoms. The molecule has 2 fully saturated rings. The first-order chi connectivity index (χ1) is 10.4. The zero-order valence-electron chi connectivity index (χ0n) is 13.3. The van der Waals surface area contributed by atoms with Crippen LogP contribution in [0.2, 0.25) is 0 Å². The molecule has 0 aliphatic carbocycles. The van der Waals surface area contributed by atoms with Gasteiger partial charge in [-0.2, -0.15) is 0 Å². The van der Waals surface area contributed by atoms with E-state index in [1.165, 1.54) is 0 Å². The van der Waals surface area contributed by atoms with Crippen LogP contribution in [0.4, 0.5) is 10.7 Å². The van der Waals surface area contributed by atoms with E-state index in [9.17, 15) is 4.79 Å². The summed E-state index contributed by atoms with van der Waals surface area (Å²) < 4.78 is 5.47. The summed E-state index contributed by atoms with van der Waals surface area (Å²) in [6.45, 7) is 10.8. The van der Waals surface area contributed by atoms with Crippen molar-refractivity contribution in [3.63, 3.8) is 0 Å². The highest BCUT2D eigenvalue weighted by atomic mass is 16.6. The summed E-state index contributed by atoms with van der Waals surface area (Å²) in [5, 5.41) is 0. The summed E-state index contributed by atoms with van der Waals surface area (Å²) in [5.41, 5.74) is 0.450. The van der Waals surface area contributed by atoms with Crippen molar-refractivity contribution in [2.24, 2.45) is 0 Å². The van der Waals surface area contributed by atoms with E-state index in [2.05, 4.69) is 21.4 Å². The van der Waals surface area contributed by atoms with Crippen LogP contribution in [0.3, 0.4) is 0 Å². The Balaban J connectivity index is 1.66. The Hall–Kier alpha value is -2.11. The summed E-state index contributed by atoms with van der Waals surface area (Å²) in [5.74, 6) is 0.724. The summed E-state index contributed by atoms with van der Waals surface area (Å²) in [6, 6.07) is 0.453. The fourth-order valence-corrected chi connectivity index (χ4v) is 3.04. The predicted molar refractivity (Wildman–Crippen MR) is 84.6 cm³/mol. The lowest BCUT2D eigenvalue weighted by Crippen LogP contribution is -2.50. The van der Waals surface area contributed by atoms with E-state index in [1.54, 1.807) is 18.5 Å². The molecule has 2 aliphatic heterocycles. The van der Waals surface area contributed by atoms with Crippen LogP contribution in [0.5, 0.6) is 0 Å². The minimum absolute atomic E-state index is 0.183. The number of aromatic nitrogens is 2. The number of hydrogen-bond donors (Lipinski definition) is 0. The van der Waals surface area contributed by atoms with Crippen LogP contribution in [0.1, 0.15) is 32.8 Å². The molecule has 118 valence electrons. The van der Waals surface area contributed by atoms with Crippen molar-refractivity contribution in [2.75, 3.05) is 18.0 Å². The van der Waals surface area contributed by atoms with E-state index in [1.807, 2.05) is 25.7 Å². The van der Waals surface area contributed by atoms with Crippen LogP contribution in [0, 0.1) is 0 Å². The maximum Gasteiger partial charge on any atom is 0.410 e. The first kappa shape index (κ1) is 14.8. The highest BCUT2D eigenvalue weighted by Gasteiger charge is 2.47. The standard InChI is InChI=1S/C16H22N4O2/c1-5-11-7-17-14(18-8-11)19-9-13-6-12(19)10-20(13)15(21)22-16(2,3)4/h5,7-8,12-13H,1,6,9-10H2,2-4H3/t12-,13+/m1/s1. The lowest BCUT2D eigenvalue weighted by atomic mass is 10.2. The Morgan fingerprint density at radius 3 is 2.50 bits per heavy atom. The summed E-state index contributed by atoms with van der Waals surface area (Å²) >= 11 is 0. The molecule has 6 nitrogen and oxygen atoms in total. The minimum atomic E-state index is -0.456. The molecule has 0 saturated carbocycles. The molecule has 0 N–H and O–H groups in total. The van der Waals surface area contributed by atoms with Gasteiger partial charge in [0.25, 0.3) is 0 Å². The zero-order chi connectivity index (χ0) is 15.9. The van der Waals surface area contributed by atoms with Gasteiger partial charge in [0.2, 0.25) is 5.95 Å². The van der Waals surface area contributed by atoms with E-state index in [0.717, 1.165) is 24.5 Å². The van der Waals surface area contributed by atoms with Gasteiger partial charge >= 0.3 is 6.09 Å². The van der Waals surface area contributed by atoms with Crippen molar-refractivity contribution >= 4 is 18.1 Å². The lowest BCUT2D eigenvalue weighted by molar-refractivity contribution is 0.0214. The first-order valence-electron chi connectivity index (χ1n) is 7.58. The van der Waals surface area contributed by atoms with Gasteiger partial charge in [-0.05, 0) is 27.2 Å². The third kappa shape index (κ3) is 2.77. The second-order valence-electron chi connectivity index (χ2n) is 6.85. The number of amides is 1. The molecular formula is C16H22N4O2. The van der Waals surface area contributed by atoms with E-state index < -0.39 is 5.60 Å². The Morgan fingerprint density at radius 1 is 1.32 bits per heavy atom. The molecule has 6 heteroatoms. The van der Waals surface area contributed by atoms with Crippen molar-refractivity contribution in [2.45, 2.75) is 44.9 Å². The molecule has 0 aromatic carbocycles. The van der Waals surface area contributed by atoms with Gasteiger partial charge in [0, 0.05) is 31.0 Å². The van der Waals surface area contributed by atoms with E-state index >= 15 is 0 Å². The van der Waals surface area contributed by atoms with Gasteiger partial charge in [0.15, 0.2) is 0 Å². The van der Waals surface area contributed by atoms with Crippen molar-refractivity contribution in [1.29, 1.82) is 0 Å². The average Bonchev–Trinajstić information content (AvgIpc) is 3.05. The van der Waals surface area contributed by atoms with Crippen molar-refractivity contribution in [3.05, 3.63) is 24.5 Å². The van der Waals surface area contributed by atoms with Gasteiger partial charge in [-0.1, -0.05) is 12.7 Å². The number of piperazine rings is 1. The van der Waals surface area contributed by atoms with Crippen LogP contribution >= 0.6 is 0 Å². The van der Waals surface area contributed by atoms with Crippen molar-refractivity contribution in [1.82, 2.24) is 14.9 Å². The SMILES string of the molecule is C=Cc1cnc(N2C[C@@H]3C[C@@H]2CN3C(=O)OC(C)(C)C)nc1. The number of hydrogen-bond acceptors (Lipinski definition) is 5. The number of likely N-dealkylation sites (tertiary alicyclic amines) is 1. The van der Waals surface area contributed by atoms with Gasteiger partial charge in [-0.15, -0.1) is 0 Å². The number of anilines is 1. The molecule has 1 aromatic rings. The lowest BCUT2D eigenvalue weighted by Gasteiger charge is -2.35. The van der Waals surface area contributed by atoms with Gasteiger partial charge < -0.3 is 14.5 Å². The third-order valence-corrected chi connectivity index (χ3v) is 4.02. The summed E-state index contributed by atoms with van der Waals surface area (Å²) in [4.78, 5) is 25.0. The maximum absolute atomic E-state index is 12.2. The molecule has 1 aromatic heterocycles. The van der Waals surface area contributed by atoms with Gasteiger partial charge in [-0.25, -0.2) is 14.8 Å². The van der Waals surface area contributed by atoms with E-state index in [-0.39, 0.29) is 18.2 Å². The molecule has 2 bridgehead atoms. The van der Waals surface area contributed by atoms with Crippen molar-refractivity contribution in [3.8, 4) is 0 Å². The third-order valence-electron chi connectivity index (χ3n) is 4.02. The molecule has 0 radical (unpaired) electrons. The van der Waals surface area contributed by atoms with Crippen molar-refractivity contribution < 1.29 is 9.53 Å². The van der Waals surface area contributed by atoms with Crippen LogP contribution in [0.25, 0.3) is 6.08 Å². The highest BCUT2D eigenvalue weighted by Crippen LogP contribution is 2.33.